The highest BCUT2D eigenvalue weighted by Crippen LogP contribution is 2.41. The highest BCUT2D eigenvalue weighted by Gasteiger charge is 2.52. The maximum Gasteiger partial charge on any atom is 0.373 e. The van der Waals surface area contributed by atoms with Crippen molar-refractivity contribution in [3.8, 4) is 0 Å². The summed E-state index contributed by atoms with van der Waals surface area (Å²) in [5.41, 5.74) is 1.71. The molecule has 2 aliphatic rings. The molecule has 0 aromatic heterocycles. The van der Waals surface area contributed by atoms with E-state index in [0.717, 1.165) is 11.6 Å². The molecule has 4 N–H and O–H groups in total. The third-order valence-electron chi connectivity index (χ3n) is 9.60. The van der Waals surface area contributed by atoms with Crippen LogP contribution in [0.5, 0.6) is 0 Å². The molecular weight excluding hydrogens is 636 g/mol. The van der Waals surface area contributed by atoms with E-state index in [-0.39, 0.29) is 24.0 Å². The summed E-state index contributed by atoms with van der Waals surface area (Å²) in [6.07, 6.45) is 6.47. The van der Waals surface area contributed by atoms with Gasteiger partial charge in [-0.15, -0.1) is 0 Å². The maximum atomic E-state index is 13.5. The minimum absolute atomic E-state index is 0.0903. The number of aliphatic carboxylic acids is 1. The number of carbonyl (C=O) groups is 3. The number of aliphatic hydroxyl groups excluding tert-OH is 2. The monoisotopic (exact) mass is 692 g/mol. The number of hydrogen-bond donors (Lipinski definition) is 4. The van der Waals surface area contributed by atoms with Gasteiger partial charge in [0.25, 0.3) is 0 Å². The average Bonchev–Trinajstić information content (AvgIpc) is 3.05. The summed E-state index contributed by atoms with van der Waals surface area (Å²) in [4.78, 5) is 36.8. The average molecular weight is 693 g/mol. The Labute approximate surface area is 290 Å². The van der Waals surface area contributed by atoms with Crippen LogP contribution in [0.1, 0.15) is 74.1 Å². The first kappa shape index (κ1) is 41.9. The van der Waals surface area contributed by atoms with E-state index in [1.54, 1.807) is 39.8 Å². The molecular formula is C37H56O12. The minimum Gasteiger partial charge on any atom is -0.490 e. The quantitative estimate of drug-likeness (QED) is 0.188. The zero-order valence-electron chi connectivity index (χ0n) is 30.2. The summed E-state index contributed by atoms with van der Waals surface area (Å²) in [5.74, 6) is -7.40. The molecule has 11 atom stereocenters. The smallest absolute Gasteiger partial charge is 0.373 e. The number of hydrogen-bond acceptors (Lipinski definition) is 11. The SMILES string of the molecule is CCC1OC(O)(C(C)C(O)C(C)C2OC(=O)C(OC)=CC(C)=CC(C)C(O)CCC(C)=CC=CC2OC)CC(OC(=O)C=CC(=O)O)C1C. The number of carbonyl (C=O) groups excluding carboxylic acids is 2. The molecule has 0 radical (unpaired) electrons. The normalized spacial score (nSPS) is 32.6. The van der Waals surface area contributed by atoms with Gasteiger partial charge in [0.05, 0.1) is 25.4 Å². The van der Waals surface area contributed by atoms with Crippen molar-refractivity contribution in [1.82, 2.24) is 0 Å². The number of methoxy groups -OCH3 is 2. The molecule has 11 unspecified atom stereocenters. The van der Waals surface area contributed by atoms with Crippen LogP contribution in [0.15, 0.2) is 59.4 Å². The standard InChI is InChI=1S/C37H56O12/c1-10-28-24(5)31(47-33(41)17-16-32(39)40)20-37(44,49-28)26(7)34(42)25(6)35-29(45-8)13-11-12-21(2)14-15-27(38)23(4)18-22(3)19-30(46-9)36(43)48-35/h11-13,16-19,23-29,31,34-35,38,42,44H,10,14-15,20H2,1-9H3,(H,39,40). The van der Waals surface area contributed by atoms with E-state index >= 15 is 0 Å². The molecule has 0 bridgehead atoms. The highest BCUT2D eigenvalue weighted by molar-refractivity contribution is 5.90. The van der Waals surface area contributed by atoms with Gasteiger partial charge in [-0.1, -0.05) is 70.1 Å². The van der Waals surface area contributed by atoms with Crippen LogP contribution in [0, 0.1) is 23.7 Å². The summed E-state index contributed by atoms with van der Waals surface area (Å²) in [6, 6.07) is 0. The summed E-state index contributed by atoms with van der Waals surface area (Å²) >= 11 is 0. The van der Waals surface area contributed by atoms with Gasteiger partial charge in [-0.25, -0.2) is 14.4 Å². The molecule has 49 heavy (non-hydrogen) atoms. The van der Waals surface area contributed by atoms with E-state index in [0.29, 0.717) is 30.9 Å². The first-order chi connectivity index (χ1) is 23.0. The van der Waals surface area contributed by atoms with Crippen LogP contribution in [0.4, 0.5) is 0 Å². The Morgan fingerprint density at radius 2 is 1.84 bits per heavy atom. The number of allylic oxidation sites excluding steroid dienone is 5. The van der Waals surface area contributed by atoms with E-state index in [1.807, 2.05) is 32.9 Å². The van der Waals surface area contributed by atoms with Gasteiger partial charge >= 0.3 is 17.9 Å². The maximum absolute atomic E-state index is 13.5. The Kier molecular flexibility index (Phi) is 16.4. The molecule has 2 rings (SSSR count). The van der Waals surface area contributed by atoms with Crippen molar-refractivity contribution >= 4 is 17.9 Å². The van der Waals surface area contributed by atoms with Gasteiger partial charge in [0.2, 0.25) is 5.76 Å². The van der Waals surface area contributed by atoms with Crippen LogP contribution in [0.2, 0.25) is 0 Å². The molecule has 12 nitrogen and oxygen atoms in total. The van der Waals surface area contributed by atoms with Gasteiger partial charge in [0, 0.05) is 49.4 Å². The predicted molar refractivity (Wildman–Crippen MR) is 182 cm³/mol. The second kappa shape index (κ2) is 19.2. The molecule has 0 aromatic rings. The minimum atomic E-state index is -1.97. The lowest BCUT2D eigenvalue weighted by atomic mass is 9.77. The van der Waals surface area contributed by atoms with E-state index in [4.69, 9.17) is 28.8 Å². The first-order valence-electron chi connectivity index (χ1n) is 16.9. The largest absolute Gasteiger partial charge is 0.490 e. The lowest BCUT2D eigenvalue weighted by Crippen LogP contribution is -2.58. The second-order valence-corrected chi connectivity index (χ2v) is 13.3. The Morgan fingerprint density at radius 1 is 1.16 bits per heavy atom. The molecule has 1 saturated heterocycles. The second-order valence-electron chi connectivity index (χ2n) is 13.3. The van der Waals surface area contributed by atoms with Crippen molar-refractivity contribution in [2.75, 3.05) is 14.2 Å². The molecule has 2 aliphatic heterocycles. The number of carboxylic acid groups (broad SMARTS) is 1. The number of esters is 2. The summed E-state index contributed by atoms with van der Waals surface area (Å²) in [6.45, 7) is 12.6. The van der Waals surface area contributed by atoms with Crippen LogP contribution in [-0.2, 0) is 38.1 Å². The molecule has 2 heterocycles. The zero-order chi connectivity index (χ0) is 37.1. The zero-order valence-corrected chi connectivity index (χ0v) is 30.2. The third-order valence-corrected chi connectivity index (χ3v) is 9.60. The number of aliphatic hydroxyl groups is 3. The fraction of sp³-hybridized carbons (Fsp3) is 0.649. The molecule has 0 spiro atoms. The van der Waals surface area contributed by atoms with Gasteiger partial charge in [-0.3, -0.25) is 0 Å². The molecule has 1 fully saturated rings. The van der Waals surface area contributed by atoms with Crippen LogP contribution in [0.3, 0.4) is 0 Å². The Bertz CT molecular complexity index is 1280. The van der Waals surface area contributed by atoms with Gasteiger partial charge in [0.1, 0.15) is 18.3 Å². The predicted octanol–water partition coefficient (Wildman–Crippen LogP) is 4.39. The fourth-order valence-electron chi connectivity index (χ4n) is 6.28. The van der Waals surface area contributed by atoms with E-state index < -0.39 is 72.2 Å². The summed E-state index contributed by atoms with van der Waals surface area (Å²) < 4.78 is 28.9. The van der Waals surface area contributed by atoms with Crippen LogP contribution >= 0.6 is 0 Å². The van der Waals surface area contributed by atoms with E-state index in [9.17, 15) is 29.7 Å². The Morgan fingerprint density at radius 3 is 2.43 bits per heavy atom. The lowest BCUT2D eigenvalue weighted by molar-refractivity contribution is -0.323. The topological polar surface area (TPSA) is 178 Å². The molecule has 0 aliphatic carbocycles. The van der Waals surface area contributed by atoms with Gasteiger partial charge in [-0.2, -0.15) is 0 Å². The third kappa shape index (κ3) is 11.9. The van der Waals surface area contributed by atoms with E-state index in [1.165, 1.54) is 20.3 Å². The Balaban J connectivity index is 2.49. The molecule has 0 amide bonds. The van der Waals surface area contributed by atoms with Crippen molar-refractivity contribution in [3.05, 3.63) is 59.4 Å². The number of ether oxygens (including phenoxy) is 5. The first-order valence-corrected chi connectivity index (χ1v) is 16.9. The van der Waals surface area contributed by atoms with Crippen LogP contribution in [0.25, 0.3) is 0 Å². The number of rotatable bonds is 10. The van der Waals surface area contributed by atoms with Gasteiger partial charge < -0.3 is 44.1 Å². The van der Waals surface area contributed by atoms with Gasteiger partial charge in [-0.05, 0) is 39.2 Å². The van der Waals surface area contributed by atoms with E-state index in [2.05, 4.69) is 0 Å². The molecule has 0 saturated carbocycles. The van der Waals surface area contributed by atoms with Crippen molar-refractivity contribution in [3.63, 3.8) is 0 Å². The van der Waals surface area contributed by atoms with Gasteiger partial charge in [0.15, 0.2) is 5.79 Å². The summed E-state index contributed by atoms with van der Waals surface area (Å²) in [7, 11) is 2.79. The van der Waals surface area contributed by atoms with Crippen LogP contribution < -0.4 is 0 Å². The summed E-state index contributed by atoms with van der Waals surface area (Å²) in [5, 5.41) is 43.3. The van der Waals surface area contributed by atoms with Crippen molar-refractivity contribution in [2.24, 2.45) is 23.7 Å². The van der Waals surface area contributed by atoms with Crippen molar-refractivity contribution in [1.29, 1.82) is 0 Å². The molecule has 12 heteroatoms. The fourth-order valence-corrected chi connectivity index (χ4v) is 6.28. The van der Waals surface area contributed by atoms with Crippen molar-refractivity contribution < 1.29 is 58.5 Å². The van der Waals surface area contributed by atoms with Crippen molar-refractivity contribution in [2.45, 2.75) is 117 Å². The Hall–Kier alpha value is -3.29. The molecule has 0 aromatic carbocycles. The molecule has 276 valence electrons. The highest BCUT2D eigenvalue weighted by atomic mass is 16.6. The van der Waals surface area contributed by atoms with Crippen LogP contribution in [-0.4, -0.2) is 95.0 Å². The number of cyclic esters (lactones) is 1. The number of carboxylic acids is 1. The lowest BCUT2D eigenvalue weighted by Gasteiger charge is -2.49.